The normalized spacial score (nSPS) is 11.2. The summed E-state index contributed by atoms with van der Waals surface area (Å²) in [5.74, 6) is -1.50. The van der Waals surface area contributed by atoms with E-state index in [0.29, 0.717) is 11.3 Å². The number of hydrogen-bond donors (Lipinski definition) is 1. The Hall–Kier alpha value is -2.84. The van der Waals surface area contributed by atoms with Crippen LogP contribution < -0.4 is 5.32 Å². The Morgan fingerprint density at radius 1 is 1.11 bits per heavy atom. The molecular weight excluding hydrogens is 405 g/mol. The summed E-state index contributed by atoms with van der Waals surface area (Å²) in [5, 5.41) is 1.88. The first kappa shape index (κ1) is 19.9. The fraction of sp³-hybridized carbons (Fsp3) is 0.105. The summed E-state index contributed by atoms with van der Waals surface area (Å²) in [6.07, 6.45) is 1.07. The number of benzene rings is 2. The third kappa shape index (κ3) is 4.71. The van der Waals surface area contributed by atoms with E-state index in [4.69, 9.17) is 11.6 Å². The molecule has 1 heterocycles. The lowest BCUT2D eigenvalue weighted by molar-refractivity contribution is 0.102. The molecule has 9 heteroatoms. The summed E-state index contributed by atoms with van der Waals surface area (Å²) in [6, 6.07) is 12.1. The molecule has 3 aromatic rings. The fourth-order valence-electron chi connectivity index (χ4n) is 2.35. The first-order valence-corrected chi connectivity index (χ1v) is 10.2. The van der Waals surface area contributed by atoms with Gasteiger partial charge in [-0.3, -0.25) is 4.79 Å². The van der Waals surface area contributed by atoms with Crippen molar-refractivity contribution in [3.05, 3.63) is 82.4 Å². The van der Waals surface area contributed by atoms with Crippen molar-refractivity contribution in [2.45, 2.75) is 17.8 Å². The van der Waals surface area contributed by atoms with Crippen LogP contribution in [0.5, 0.6) is 0 Å². The molecule has 0 bridgehead atoms. The molecule has 1 aromatic heterocycles. The monoisotopic (exact) mass is 419 g/mol. The van der Waals surface area contributed by atoms with Crippen LogP contribution in [-0.2, 0) is 15.6 Å². The number of nitrogens with zero attached hydrogens (tertiary/aromatic N) is 2. The van der Waals surface area contributed by atoms with Gasteiger partial charge in [-0.1, -0.05) is 41.4 Å². The van der Waals surface area contributed by atoms with Crippen LogP contribution >= 0.6 is 11.6 Å². The van der Waals surface area contributed by atoms with Crippen molar-refractivity contribution in [3.63, 3.8) is 0 Å². The van der Waals surface area contributed by atoms with Crippen LogP contribution in [0.1, 0.15) is 21.6 Å². The maximum Gasteiger partial charge on any atom is 0.275 e. The third-order valence-electron chi connectivity index (χ3n) is 3.79. The van der Waals surface area contributed by atoms with Gasteiger partial charge >= 0.3 is 0 Å². The van der Waals surface area contributed by atoms with E-state index < -0.39 is 26.7 Å². The van der Waals surface area contributed by atoms with Crippen LogP contribution in [0.4, 0.5) is 10.1 Å². The van der Waals surface area contributed by atoms with Crippen molar-refractivity contribution in [1.29, 1.82) is 0 Å². The maximum atomic E-state index is 13.0. The van der Waals surface area contributed by atoms with Crippen molar-refractivity contribution in [3.8, 4) is 0 Å². The predicted molar refractivity (Wildman–Crippen MR) is 103 cm³/mol. The maximum absolute atomic E-state index is 13.0. The zero-order valence-corrected chi connectivity index (χ0v) is 16.3. The number of nitrogens with one attached hydrogen (secondary N) is 1. The van der Waals surface area contributed by atoms with Gasteiger partial charge in [0.15, 0.2) is 5.69 Å². The van der Waals surface area contributed by atoms with Gasteiger partial charge in [0.1, 0.15) is 5.82 Å². The molecule has 28 heavy (non-hydrogen) atoms. The molecule has 0 spiro atoms. The minimum Gasteiger partial charge on any atom is -0.321 e. The molecule has 0 aliphatic carbocycles. The number of aryl methyl sites for hydroxylation is 1. The highest BCUT2D eigenvalue weighted by molar-refractivity contribution is 7.90. The molecule has 1 N–H and O–H groups in total. The van der Waals surface area contributed by atoms with E-state index in [1.54, 1.807) is 24.3 Å². The average Bonchev–Trinajstić information content (AvgIpc) is 2.65. The van der Waals surface area contributed by atoms with Crippen molar-refractivity contribution in [2.24, 2.45) is 0 Å². The Morgan fingerprint density at radius 2 is 1.75 bits per heavy atom. The van der Waals surface area contributed by atoms with Gasteiger partial charge in [-0.2, -0.15) is 0 Å². The van der Waals surface area contributed by atoms with Crippen molar-refractivity contribution in [2.75, 3.05) is 5.32 Å². The average molecular weight is 420 g/mol. The second-order valence-electron chi connectivity index (χ2n) is 6.05. The van der Waals surface area contributed by atoms with Crippen LogP contribution in [0.3, 0.4) is 0 Å². The van der Waals surface area contributed by atoms with Gasteiger partial charge in [-0.15, -0.1) is 0 Å². The molecule has 2 aromatic carbocycles. The number of amides is 1. The molecular formula is C19H15ClFN3O3S. The quantitative estimate of drug-likeness (QED) is 0.635. The zero-order valence-electron chi connectivity index (χ0n) is 14.7. The number of rotatable bonds is 5. The summed E-state index contributed by atoms with van der Waals surface area (Å²) in [7, 11) is -3.89. The van der Waals surface area contributed by atoms with E-state index in [-0.39, 0.29) is 16.5 Å². The Labute approximate surface area is 166 Å². The van der Waals surface area contributed by atoms with Gasteiger partial charge in [-0.05, 0) is 36.8 Å². The minimum absolute atomic E-state index is 0.103. The molecule has 0 saturated heterocycles. The summed E-state index contributed by atoms with van der Waals surface area (Å²) >= 11 is 5.97. The lowest BCUT2D eigenvalue weighted by Crippen LogP contribution is -2.18. The number of sulfone groups is 1. The summed E-state index contributed by atoms with van der Waals surface area (Å²) in [4.78, 5) is 20.0. The lowest BCUT2D eigenvalue weighted by atomic mass is 10.2. The summed E-state index contributed by atoms with van der Waals surface area (Å²) in [5.41, 5.74) is 1.60. The van der Waals surface area contributed by atoms with Crippen LogP contribution in [-0.4, -0.2) is 24.3 Å². The third-order valence-corrected chi connectivity index (χ3v) is 5.54. The summed E-state index contributed by atoms with van der Waals surface area (Å²) < 4.78 is 38.2. The standard InChI is InChI=1S/C19H15ClFN3O3S/c1-12-2-4-13(5-3-12)11-28(26,27)19-22-10-16(20)17(24-19)18(25)23-15-8-6-14(21)7-9-15/h2-10H,11H2,1H3,(H,23,25). The molecule has 3 rings (SSSR count). The molecule has 0 aliphatic rings. The first-order chi connectivity index (χ1) is 13.2. The van der Waals surface area contributed by atoms with Crippen LogP contribution in [0.2, 0.25) is 5.02 Å². The van der Waals surface area contributed by atoms with Crippen molar-refractivity contribution >= 4 is 33.0 Å². The van der Waals surface area contributed by atoms with E-state index in [9.17, 15) is 17.6 Å². The smallest absolute Gasteiger partial charge is 0.275 e. The van der Waals surface area contributed by atoms with Crippen LogP contribution in [0, 0.1) is 12.7 Å². The lowest BCUT2D eigenvalue weighted by Gasteiger charge is -2.08. The number of anilines is 1. The number of carbonyl (C=O) groups is 1. The van der Waals surface area contributed by atoms with Gasteiger partial charge in [-0.25, -0.2) is 22.8 Å². The van der Waals surface area contributed by atoms with Gasteiger partial charge in [0.05, 0.1) is 17.0 Å². The zero-order chi connectivity index (χ0) is 20.3. The number of halogens is 2. The van der Waals surface area contributed by atoms with Crippen molar-refractivity contribution < 1.29 is 17.6 Å². The first-order valence-electron chi connectivity index (χ1n) is 8.12. The van der Waals surface area contributed by atoms with Crippen molar-refractivity contribution in [1.82, 2.24) is 9.97 Å². The number of aromatic nitrogens is 2. The molecule has 6 nitrogen and oxygen atoms in total. The molecule has 144 valence electrons. The van der Waals surface area contributed by atoms with E-state index >= 15 is 0 Å². The Bertz CT molecular complexity index is 1120. The SMILES string of the molecule is Cc1ccc(CS(=O)(=O)c2ncc(Cl)c(C(=O)Nc3ccc(F)cc3)n2)cc1. The highest BCUT2D eigenvalue weighted by Crippen LogP contribution is 2.19. The molecule has 0 fully saturated rings. The molecule has 1 amide bonds. The number of hydrogen-bond acceptors (Lipinski definition) is 5. The van der Waals surface area contributed by atoms with E-state index in [2.05, 4.69) is 15.3 Å². The van der Waals surface area contributed by atoms with E-state index in [1.807, 2.05) is 6.92 Å². The van der Waals surface area contributed by atoms with Gasteiger partial charge in [0.2, 0.25) is 15.0 Å². The Morgan fingerprint density at radius 3 is 2.39 bits per heavy atom. The van der Waals surface area contributed by atoms with Crippen LogP contribution in [0.15, 0.2) is 59.9 Å². The molecule has 0 atom stereocenters. The highest BCUT2D eigenvalue weighted by atomic mass is 35.5. The van der Waals surface area contributed by atoms with Gasteiger partial charge in [0.25, 0.3) is 5.91 Å². The summed E-state index contributed by atoms with van der Waals surface area (Å²) in [6.45, 7) is 1.90. The molecule has 0 aliphatic heterocycles. The predicted octanol–water partition coefficient (Wildman–Crippen LogP) is 3.80. The van der Waals surface area contributed by atoms with E-state index in [0.717, 1.165) is 11.8 Å². The molecule has 0 saturated carbocycles. The minimum atomic E-state index is -3.89. The Balaban J connectivity index is 1.86. The topological polar surface area (TPSA) is 89.0 Å². The largest absolute Gasteiger partial charge is 0.321 e. The van der Waals surface area contributed by atoms with E-state index in [1.165, 1.54) is 24.3 Å². The number of carbonyl (C=O) groups excluding carboxylic acids is 1. The molecule has 0 radical (unpaired) electrons. The molecule has 0 unspecified atom stereocenters. The highest BCUT2D eigenvalue weighted by Gasteiger charge is 2.23. The van der Waals surface area contributed by atoms with Gasteiger partial charge < -0.3 is 5.32 Å². The Kier molecular flexibility index (Phi) is 5.71. The second-order valence-corrected chi connectivity index (χ2v) is 8.35. The fourth-order valence-corrected chi connectivity index (χ4v) is 3.73. The van der Waals surface area contributed by atoms with Crippen LogP contribution in [0.25, 0.3) is 0 Å². The van der Waals surface area contributed by atoms with Gasteiger partial charge in [0, 0.05) is 5.69 Å². The second kappa shape index (κ2) is 8.04.